The lowest BCUT2D eigenvalue weighted by Crippen LogP contribution is -1.98. The molecule has 0 atom stereocenters. The molecule has 2 heteroatoms. The fraction of sp³-hybridized carbons (Fsp3) is 0.543. The van der Waals surface area contributed by atoms with Gasteiger partial charge in [0.25, 0.3) is 0 Å². The van der Waals surface area contributed by atoms with Crippen LogP contribution >= 0.6 is 0 Å². The summed E-state index contributed by atoms with van der Waals surface area (Å²) in [7, 11) is 0. The molecule has 0 aliphatic heterocycles. The first kappa shape index (κ1) is 30.7. The number of rotatable bonds is 24. The first-order valence-electron chi connectivity index (χ1n) is 15.0. The molecule has 0 aliphatic rings. The molecule has 0 radical (unpaired) electrons. The number of allylic oxidation sites excluding steroid dienone is 2. The van der Waals surface area contributed by atoms with E-state index in [1.54, 1.807) is 0 Å². The highest BCUT2D eigenvalue weighted by Gasteiger charge is 2.01. The molecule has 204 valence electrons. The van der Waals surface area contributed by atoms with E-state index in [-0.39, 0.29) is 0 Å². The smallest absolute Gasteiger partial charge is 0.119 e. The Labute approximate surface area is 228 Å². The van der Waals surface area contributed by atoms with E-state index < -0.39 is 0 Å². The second kappa shape index (κ2) is 21.6. The van der Waals surface area contributed by atoms with Crippen molar-refractivity contribution in [3.8, 4) is 11.5 Å². The highest BCUT2D eigenvalue weighted by molar-refractivity contribution is 5.34. The largest absolute Gasteiger partial charge is 0.494 e. The van der Waals surface area contributed by atoms with E-state index in [1.807, 2.05) is 12.2 Å². The van der Waals surface area contributed by atoms with Crippen molar-refractivity contribution >= 4 is 0 Å². The molecule has 0 saturated carbocycles. The van der Waals surface area contributed by atoms with Gasteiger partial charge in [-0.15, -0.1) is 13.2 Å². The third kappa shape index (κ3) is 16.1. The molecule has 2 aromatic carbocycles. The van der Waals surface area contributed by atoms with Crippen LogP contribution in [0.3, 0.4) is 0 Å². The Bertz CT molecular complexity index is 737. The van der Waals surface area contributed by atoms with Crippen LogP contribution in [0.15, 0.2) is 73.8 Å². The van der Waals surface area contributed by atoms with Crippen LogP contribution in [0.1, 0.15) is 114 Å². The second-order valence-electron chi connectivity index (χ2n) is 10.3. The van der Waals surface area contributed by atoms with Gasteiger partial charge >= 0.3 is 0 Å². The van der Waals surface area contributed by atoms with Crippen molar-refractivity contribution < 1.29 is 9.47 Å². The molecule has 0 aromatic heterocycles. The van der Waals surface area contributed by atoms with E-state index >= 15 is 0 Å². The van der Waals surface area contributed by atoms with Gasteiger partial charge in [-0.05, 0) is 80.3 Å². The van der Waals surface area contributed by atoms with Crippen LogP contribution in [0.2, 0.25) is 0 Å². The number of unbranched alkanes of at least 4 members (excludes halogenated alkanes) is 14. The lowest BCUT2D eigenvalue weighted by atomic mass is 10.0. The van der Waals surface area contributed by atoms with E-state index in [0.717, 1.165) is 56.8 Å². The number of ether oxygens (including phenoxy) is 2. The monoisotopic (exact) mass is 504 g/mol. The average molecular weight is 505 g/mol. The van der Waals surface area contributed by atoms with Crippen LogP contribution in [0.4, 0.5) is 0 Å². The van der Waals surface area contributed by atoms with Crippen molar-refractivity contribution in [2.24, 2.45) is 0 Å². The van der Waals surface area contributed by atoms with Crippen LogP contribution in [-0.4, -0.2) is 13.2 Å². The molecule has 2 aromatic rings. The molecule has 2 rings (SSSR count). The molecule has 0 aliphatic carbocycles. The highest BCUT2D eigenvalue weighted by atomic mass is 16.5. The molecule has 2 nitrogen and oxygen atoms in total. The van der Waals surface area contributed by atoms with Crippen molar-refractivity contribution in [2.75, 3.05) is 13.2 Å². The van der Waals surface area contributed by atoms with Crippen molar-refractivity contribution in [1.82, 2.24) is 0 Å². The van der Waals surface area contributed by atoms with Gasteiger partial charge in [-0.3, -0.25) is 0 Å². The second-order valence-corrected chi connectivity index (χ2v) is 10.3. The van der Waals surface area contributed by atoms with Crippen LogP contribution in [0.5, 0.6) is 11.5 Å². The van der Waals surface area contributed by atoms with Crippen LogP contribution < -0.4 is 9.47 Å². The van der Waals surface area contributed by atoms with Crippen LogP contribution in [0.25, 0.3) is 0 Å². The third-order valence-electron chi connectivity index (χ3n) is 6.90. The summed E-state index contributed by atoms with van der Waals surface area (Å²) in [5, 5.41) is 0. The van der Waals surface area contributed by atoms with Crippen molar-refractivity contribution in [3.05, 3.63) is 85.0 Å². The fourth-order valence-electron chi connectivity index (χ4n) is 4.57. The van der Waals surface area contributed by atoms with Gasteiger partial charge in [0.05, 0.1) is 13.2 Å². The molecular weight excluding hydrogens is 452 g/mol. The zero-order valence-electron chi connectivity index (χ0n) is 23.4. The van der Waals surface area contributed by atoms with Crippen molar-refractivity contribution in [2.45, 2.75) is 109 Å². The van der Waals surface area contributed by atoms with E-state index in [2.05, 4.69) is 61.7 Å². The Hall–Kier alpha value is -2.48. The summed E-state index contributed by atoms with van der Waals surface area (Å²) in [4.78, 5) is 0. The first-order valence-corrected chi connectivity index (χ1v) is 15.0. The summed E-state index contributed by atoms with van der Waals surface area (Å²) < 4.78 is 11.9. The van der Waals surface area contributed by atoms with Gasteiger partial charge in [-0.1, -0.05) is 101 Å². The summed E-state index contributed by atoms with van der Waals surface area (Å²) in [6.07, 6.45) is 25.4. The normalized spacial score (nSPS) is 10.8. The minimum atomic E-state index is 0.813. The highest BCUT2D eigenvalue weighted by Crippen LogP contribution is 2.19. The Kier molecular flexibility index (Phi) is 17.9. The molecule has 37 heavy (non-hydrogen) atoms. The molecule has 0 amide bonds. The quantitative estimate of drug-likeness (QED) is 0.104. The van der Waals surface area contributed by atoms with Gasteiger partial charge in [0, 0.05) is 0 Å². The Morgan fingerprint density at radius 1 is 0.432 bits per heavy atom. The Balaban J connectivity index is 1.51. The minimum absolute atomic E-state index is 0.813. The van der Waals surface area contributed by atoms with Gasteiger partial charge in [-0.25, -0.2) is 0 Å². The van der Waals surface area contributed by atoms with Gasteiger partial charge < -0.3 is 9.47 Å². The molecule has 0 unspecified atom stereocenters. The lowest BCUT2D eigenvalue weighted by molar-refractivity contribution is 0.304. The summed E-state index contributed by atoms with van der Waals surface area (Å²) in [6.45, 7) is 9.19. The molecule has 0 bridgehead atoms. The van der Waals surface area contributed by atoms with E-state index in [1.165, 1.54) is 88.2 Å². The minimum Gasteiger partial charge on any atom is -0.494 e. The zero-order chi connectivity index (χ0) is 26.2. The Morgan fingerprint density at radius 3 is 1.11 bits per heavy atom. The summed E-state index contributed by atoms with van der Waals surface area (Å²) >= 11 is 0. The zero-order valence-corrected chi connectivity index (χ0v) is 23.4. The first-order chi connectivity index (χ1) is 18.3. The number of hydrogen-bond donors (Lipinski definition) is 0. The molecule has 0 heterocycles. The van der Waals surface area contributed by atoms with Gasteiger partial charge in [0.2, 0.25) is 0 Å². The van der Waals surface area contributed by atoms with Gasteiger partial charge in [-0.2, -0.15) is 0 Å². The summed E-state index contributed by atoms with van der Waals surface area (Å²) in [6, 6.07) is 17.2. The number of benzene rings is 2. The molecule has 0 fully saturated rings. The standard InChI is InChI=1S/C35H52O2/c1-3-5-7-9-11-13-15-17-19-29-36-34-25-21-32(22-26-34)31-33-23-27-35(28-24-33)37-30-20-18-16-14-12-10-8-6-4-2/h3-4,21-28H,1-2,5-20,29-31H2. The maximum atomic E-state index is 5.94. The predicted molar refractivity (Wildman–Crippen MR) is 161 cm³/mol. The SMILES string of the molecule is C=CCCCCCCCCCOc1ccc(Cc2ccc(OCCCCCCCCCC=C)cc2)cc1. The van der Waals surface area contributed by atoms with E-state index in [9.17, 15) is 0 Å². The Morgan fingerprint density at radius 2 is 0.757 bits per heavy atom. The number of hydrogen-bond acceptors (Lipinski definition) is 2. The predicted octanol–water partition coefficient (Wildman–Crippen LogP) is 10.6. The molecule has 0 spiro atoms. The summed E-state index contributed by atoms with van der Waals surface area (Å²) in [5.41, 5.74) is 2.61. The van der Waals surface area contributed by atoms with Gasteiger partial charge in [0.15, 0.2) is 0 Å². The maximum absolute atomic E-state index is 5.94. The average Bonchev–Trinajstić information content (AvgIpc) is 2.92. The van der Waals surface area contributed by atoms with Crippen molar-refractivity contribution in [1.29, 1.82) is 0 Å². The summed E-state index contributed by atoms with van der Waals surface area (Å²) in [5.74, 6) is 1.95. The van der Waals surface area contributed by atoms with E-state index in [0.29, 0.717) is 0 Å². The van der Waals surface area contributed by atoms with E-state index in [4.69, 9.17) is 9.47 Å². The molecular formula is C35H52O2. The fourth-order valence-corrected chi connectivity index (χ4v) is 4.57. The molecule has 0 saturated heterocycles. The molecule has 0 N–H and O–H groups in total. The lowest BCUT2D eigenvalue weighted by Gasteiger charge is -2.09. The topological polar surface area (TPSA) is 18.5 Å². The van der Waals surface area contributed by atoms with Crippen LogP contribution in [-0.2, 0) is 6.42 Å². The van der Waals surface area contributed by atoms with Crippen molar-refractivity contribution in [3.63, 3.8) is 0 Å². The third-order valence-corrected chi connectivity index (χ3v) is 6.90. The maximum Gasteiger partial charge on any atom is 0.119 e. The van der Waals surface area contributed by atoms with Gasteiger partial charge in [0.1, 0.15) is 11.5 Å². The van der Waals surface area contributed by atoms with Crippen LogP contribution in [0, 0.1) is 0 Å².